The molecular weight excluding hydrogens is 374 g/mol. The fraction of sp³-hybridized carbons (Fsp3) is 0.292. The minimum atomic E-state index is 0.552. The smallest absolute Gasteiger partial charge is 0.252 e. The van der Waals surface area contributed by atoms with Gasteiger partial charge in [0.1, 0.15) is 6.33 Å². The third kappa shape index (κ3) is 3.04. The summed E-state index contributed by atoms with van der Waals surface area (Å²) >= 11 is 0. The Hall–Kier alpha value is -3.25. The van der Waals surface area contributed by atoms with E-state index in [1.165, 1.54) is 18.5 Å². The van der Waals surface area contributed by atoms with Crippen LogP contribution in [0.25, 0.3) is 22.7 Å². The van der Waals surface area contributed by atoms with E-state index in [-0.39, 0.29) is 0 Å². The summed E-state index contributed by atoms with van der Waals surface area (Å²) in [7, 11) is 0. The highest BCUT2D eigenvalue weighted by Gasteiger charge is 2.42. The monoisotopic (exact) mass is 397 g/mol. The predicted octanol–water partition coefficient (Wildman–Crippen LogP) is 4.00. The first kappa shape index (κ1) is 17.6. The van der Waals surface area contributed by atoms with Crippen LogP contribution in [0.2, 0.25) is 0 Å². The van der Waals surface area contributed by atoms with Gasteiger partial charge in [0.05, 0.1) is 0 Å². The zero-order valence-corrected chi connectivity index (χ0v) is 16.7. The molecular formula is C24H23N5O. The van der Waals surface area contributed by atoms with Crippen LogP contribution >= 0.6 is 0 Å². The molecule has 0 amide bonds. The summed E-state index contributed by atoms with van der Waals surface area (Å²) < 4.78 is 5.95. The molecule has 0 aliphatic carbocycles. The van der Waals surface area contributed by atoms with Crippen molar-refractivity contribution in [2.45, 2.75) is 19.0 Å². The molecule has 6 nitrogen and oxygen atoms in total. The summed E-state index contributed by atoms with van der Waals surface area (Å²) in [5, 5.41) is 0. The van der Waals surface area contributed by atoms with Crippen molar-refractivity contribution in [3.05, 3.63) is 72.6 Å². The number of likely N-dealkylation sites (tertiary alicyclic amines) is 1. The first-order valence-electron chi connectivity index (χ1n) is 10.5. The normalized spacial score (nSPS) is 21.4. The number of rotatable bonds is 4. The van der Waals surface area contributed by atoms with Gasteiger partial charge in [0.15, 0.2) is 11.3 Å². The molecule has 2 saturated heterocycles. The van der Waals surface area contributed by atoms with Crippen molar-refractivity contribution in [3.8, 4) is 11.5 Å². The molecule has 2 aromatic heterocycles. The van der Waals surface area contributed by atoms with Crippen molar-refractivity contribution < 1.29 is 4.42 Å². The molecule has 4 aromatic rings. The highest BCUT2D eigenvalue weighted by Crippen LogP contribution is 2.36. The van der Waals surface area contributed by atoms with Crippen molar-refractivity contribution in [2.24, 2.45) is 5.92 Å². The Morgan fingerprint density at radius 3 is 2.57 bits per heavy atom. The molecule has 0 bridgehead atoms. The van der Waals surface area contributed by atoms with E-state index < -0.39 is 0 Å². The molecule has 30 heavy (non-hydrogen) atoms. The van der Waals surface area contributed by atoms with Gasteiger partial charge in [-0.25, -0.2) is 9.97 Å². The number of fused-ring (bicyclic) bond motifs is 2. The molecule has 0 unspecified atom stereocenters. The van der Waals surface area contributed by atoms with Gasteiger partial charge in [-0.05, 0) is 36.6 Å². The zero-order chi connectivity index (χ0) is 19.9. The second-order valence-electron chi connectivity index (χ2n) is 8.21. The molecule has 0 N–H and O–H groups in total. The van der Waals surface area contributed by atoms with E-state index in [0.717, 1.165) is 36.5 Å². The molecule has 150 valence electrons. The molecule has 6 heteroatoms. The van der Waals surface area contributed by atoms with E-state index in [2.05, 4.69) is 50.1 Å². The van der Waals surface area contributed by atoms with Crippen molar-refractivity contribution in [2.75, 3.05) is 24.5 Å². The lowest BCUT2D eigenvalue weighted by molar-refractivity contribution is 0.246. The Kier molecular flexibility index (Phi) is 4.23. The van der Waals surface area contributed by atoms with Crippen molar-refractivity contribution in [3.63, 3.8) is 0 Å². The van der Waals surface area contributed by atoms with Crippen LogP contribution in [-0.2, 0) is 6.54 Å². The quantitative estimate of drug-likeness (QED) is 0.519. The predicted molar refractivity (Wildman–Crippen MR) is 116 cm³/mol. The molecule has 2 aromatic carbocycles. The summed E-state index contributed by atoms with van der Waals surface area (Å²) in [6.07, 6.45) is 2.82. The number of anilines is 1. The van der Waals surface area contributed by atoms with Gasteiger partial charge < -0.3 is 9.32 Å². The van der Waals surface area contributed by atoms with E-state index in [0.29, 0.717) is 23.6 Å². The average molecular weight is 397 g/mol. The second-order valence-corrected chi connectivity index (χ2v) is 8.21. The Balaban J connectivity index is 1.27. The molecule has 6 rings (SSSR count). The number of hydrogen-bond acceptors (Lipinski definition) is 6. The van der Waals surface area contributed by atoms with Gasteiger partial charge in [-0.3, -0.25) is 4.90 Å². The number of hydrogen-bond donors (Lipinski definition) is 0. The lowest BCUT2D eigenvalue weighted by Gasteiger charge is -2.25. The summed E-state index contributed by atoms with van der Waals surface area (Å²) in [5.74, 6) is 2.15. The maximum Gasteiger partial charge on any atom is 0.252 e. The maximum absolute atomic E-state index is 5.95. The van der Waals surface area contributed by atoms with Gasteiger partial charge in [0.2, 0.25) is 5.89 Å². The number of oxazole rings is 1. The van der Waals surface area contributed by atoms with Gasteiger partial charge >= 0.3 is 0 Å². The number of nitrogens with zero attached hydrogens (tertiary/aromatic N) is 5. The first-order valence-corrected chi connectivity index (χ1v) is 10.5. The Bertz CT molecular complexity index is 1160. The SMILES string of the molecule is c1ccc(CN2CC[C@H]3CN(c4ncnc5oc(-c6ccccc6)nc45)C[C@H]32)cc1. The average Bonchev–Trinajstić information content (AvgIpc) is 3.50. The fourth-order valence-electron chi connectivity index (χ4n) is 4.91. The van der Waals surface area contributed by atoms with Gasteiger partial charge in [-0.2, -0.15) is 4.98 Å². The van der Waals surface area contributed by atoms with Crippen LogP contribution in [0, 0.1) is 5.92 Å². The van der Waals surface area contributed by atoms with E-state index in [1.54, 1.807) is 6.33 Å². The van der Waals surface area contributed by atoms with Crippen LogP contribution < -0.4 is 4.90 Å². The summed E-state index contributed by atoms with van der Waals surface area (Å²) in [5.41, 5.74) is 3.64. The van der Waals surface area contributed by atoms with E-state index in [9.17, 15) is 0 Å². The topological polar surface area (TPSA) is 58.3 Å². The van der Waals surface area contributed by atoms with Crippen molar-refractivity contribution in [1.82, 2.24) is 19.9 Å². The first-order chi connectivity index (χ1) is 14.8. The Labute approximate surface area is 175 Å². The third-order valence-electron chi connectivity index (χ3n) is 6.39. The largest absolute Gasteiger partial charge is 0.417 e. The van der Waals surface area contributed by atoms with Gasteiger partial charge in [-0.1, -0.05) is 48.5 Å². The molecule has 0 radical (unpaired) electrons. The van der Waals surface area contributed by atoms with Crippen LogP contribution in [0.15, 0.2) is 71.4 Å². The van der Waals surface area contributed by atoms with Crippen molar-refractivity contribution >= 4 is 17.0 Å². The molecule has 0 spiro atoms. The molecule has 0 saturated carbocycles. The number of benzene rings is 2. The van der Waals surface area contributed by atoms with Crippen molar-refractivity contribution in [1.29, 1.82) is 0 Å². The second kappa shape index (κ2) is 7.22. The molecule has 2 atom stereocenters. The van der Waals surface area contributed by atoms with E-state index in [4.69, 9.17) is 9.40 Å². The highest BCUT2D eigenvalue weighted by atomic mass is 16.4. The molecule has 2 aliphatic heterocycles. The minimum Gasteiger partial charge on any atom is -0.417 e. The zero-order valence-electron chi connectivity index (χ0n) is 16.7. The van der Waals surface area contributed by atoms with Gasteiger partial charge in [-0.15, -0.1) is 0 Å². The van der Waals surface area contributed by atoms with Gasteiger partial charge in [0.25, 0.3) is 5.71 Å². The minimum absolute atomic E-state index is 0.552. The lowest BCUT2D eigenvalue weighted by Crippen LogP contribution is -2.35. The summed E-state index contributed by atoms with van der Waals surface area (Å²) in [4.78, 5) is 18.7. The van der Waals surface area contributed by atoms with Crippen LogP contribution in [0.5, 0.6) is 0 Å². The van der Waals surface area contributed by atoms with Gasteiger partial charge in [0, 0.05) is 31.2 Å². The van der Waals surface area contributed by atoms with Crippen LogP contribution in [-0.4, -0.2) is 45.5 Å². The Morgan fingerprint density at radius 2 is 1.73 bits per heavy atom. The lowest BCUT2D eigenvalue weighted by atomic mass is 10.0. The summed E-state index contributed by atoms with van der Waals surface area (Å²) in [6, 6.07) is 21.3. The maximum atomic E-state index is 5.95. The molecule has 2 aliphatic rings. The molecule has 4 heterocycles. The van der Waals surface area contributed by atoms with Crippen LogP contribution in [0.3, 0.4) is 0 Å². The van der Waals surface area contributed by atoms with Crippen LogP contribution in [0.1, 0.15) is 12.0 Å². The fourth-order valence-corrected chi connectivity index (χ4v) is 4.91. The molecule has 2 fully saturated rings. The Morgan fingerprint density at radius 1 is 0.933 bits per heavy atom. The van der Waals surface area contributed by atoms with Crippen LogP contribution in [0.4, 0.5) is 5.82 Å². The summed E-state index contributed by atoms with van der Waals surface area (Å²) in [6.45, 7) is 4.16. The number of aromatic nitrogens is 3. The van der Waals surface area contributed by atoms with E-state index >= 15 is 0 Å². The van der Waals surface area contributed by atoms with E-state index in [1.807, 2.05) is 30.3 Å². The highest BCUT2D eigenvalue weighted by molar-refractivity contribution is 5.84. The standard InChI is InChI=1S/C24H23N5O/c1-3-7-17(8-4-1)13-28-12-11-19-14-29(15-20(19)28)22-21-24(26-16-25-22)30-23(27-21)18-9-5-2-6-10-18/h1-10,16,19-20H,11-15H2/t19-,20+/m0/s1. The third-order valence-corrected chi connectivity index (χ3v) is 6.39.